The Bertz CT molecular complexity index is 317. The molecule has 0 aromatic carbocycles. The highest BCUT2D eigenvalue weighted by Gasteiger charge is 2.17. The fourth-order valence-corrected chi connectivity index (χ4v) is 2.02. The molecule has 1 fully saturated rings. The number of hydrogen-bond acceptors (Lipinski definition) is 4. The second kappa shape index (κ2) is 5.48. The lowest BCUT2D eigenvalue weighted by Crippen LogP contribution is -2.34. The number of likely N-dealkylation sites (tertiary alicyclic amines) is 1. The zero-order chi connectivity index (χ0) is 11.4. The van der Waals surface area contributed by atoms with Gasteiger partial charge in [0.15, 0.2) is 0 Å². The molecule has 1 aromatic heterocycles. The van der Waals surface area contributed by atoms with Gasteiger partial charge in [0.1, 0.15) is 12.4 Å². The summed E-state index contributed by atoms with van der Waals surface area (Å²) in [5, 5.41) is 0. The monoisotopic (exact) mass is 224 g/mol. The Kier molecular flexibility index (Phi) is 3.98. The van der Waals surface area contributed by atoms with E-state index in [9.17, 15) is 0 Å². The molecule has 1 aliphatic rings. The molecule has 0 bridgehead atoms. The Morgan fingerprint density at radius 3 is 2.94 bits per heavy atom. The van der Waals surface area contributed by atoms with Gasteiger partial charge in [-0.3, -0.25) is 0 Å². The van der Waals surface area contributed by atoms with Gasteiger partial charge in [0.2, 0.25) is 0 Å². The fraction of sp³-hybridized carbons (Fsp3) is 0.667. The Hall–Kier alpha value is -0.840. The van der Waals surface area contributed by atoms with Gasteiger partial charge < -0.3 is 19.8 Å². The topological polar surface area (TPSA) is 51.6 Å². The van der Waals surface area contributed by atoms with Gasteiger partial charge in [-0.1, -0.05) is 0 Å². The van der Waals surface area contributed by atoms with Crippen LogP contribution in [0.2, 0.25) is 0 Å². The van der Waals surface area contributed by atoms with Crippen molar-refractivity contribution < 1.29 is 9.15 Å². The van der Waals surface area contributed by atoms with Crippen molar-refractivity contribution in [2.24, 2.45) is 5.73 Å². The second-order valence-electron chi connectivity index (χ2n) is 4.39. The van der Waals surface area contributed by atoms with Crippen LogP contribution in [0.4, 0.5) is 0 Å². The highest BCUT2D eigenvalue weighted by molar-refractivity contribution is 5.15. The molecule has 1 aliphatic heterocycles. The molecule has 0 amide bonds. The van der Waals surface area contributed by atoms with Crippen LogP contribution in [0, 0.1) is 0 Å². The summed E-state index contributed by atoms with van der Waals surface area (Å²) in [6.45, 7) is 3.30. The number of furan rings is 1. The third kappa shape index (κ3) is 2.84. The molecular formula is C12H20N2O2. The van der Waals surface area contributed by atoms with Gasteiger partial charge in [-0.2, -0.15) is 0 Å². The second-order valence-corrected chi connectivity index (χ2v) is 4.39. The molecule has 0 unspecified atom stereocenters. The number of nitrogens with two attached hydrogens (primary N) is 1. The van der Waals surface area contributed by atoms with Gasteiger partial charge in [0, 0.05) is 25.2 Å². The highest BCUT2D eigenvalue weighted by atomic mass is 16.5. The minimum absolute atomic E-state index is 0.368. The minimum Gasteiger partial charge on any atom is -0.467 e. The lowest BCUT2D eigenvalue weighted by molar-refractivity contribution is -0.00513. The summed E-state index contributed by atoms with van der Waals surface area (Å²) in [7, 11) is 2.15. The van der Waals surface area contributed by atoms with E-state index in [1.807, 2.05) is 6.07 Å². The average molecular weight is 224 g/mol. The number of piperidine rings is 1. The Morgan fingerprint density at radius 2 is 2.25 bits per heavy atom. The van der Waals surface area contributed by atoms with Gasteiger partial charge in [-0.05, 0) is 26.0 Å². The normalized spacial score (nSPS) is 19.1. The van der Waals surface area contributed by atoms with Crippen molar-refractivity contribution in [2.75, 3.05) is 20.1 Å². The van der Waals surface area contributed by atoms with E-state index >= 15 is 0 Å². The summed E-state index contributed by atoms with van der Waals surface area (Å²) in [6, 6.07) is 1.91. The SMILES string of the molecule is CN1CCC(OCc2occc2CN)CC1. The van der Waals surface area contributed by atoms with Gasteiger partial charge in [-0.25, -0.2) is 0 Å². The van der Waals surface area contributed by atoms with Crippen LogP contribution >= 0.6 is 0 Å². The predicted molar refractivity (Wildman–Crippen MR) is 61.9 cm³/mol. The van der Waals surface area contributed by atoms with Gasteiger partial charge in [-0.15, -0.1) is 0 Å². The summed E-state index contributed by atoms with van der Waals surface area (Å²) in [4.78, 5) is 2.33. The first-order valence-corrected chi connectivity index (χ1v) is 5.85. The molecule has 16 heavy (non-hydrogen) atoms. The molecule has 1 aromatic rings. The number of rotatable bonds is 4. The van der Waals surface area contributed by atoms with E-state index in [2.05, 4.69) is 11.9 Å². The molecule has 0 radical (unpaired) electrons. The number of ether oxygens (including phenoxy) is 1. The predicted octanol–water partition coefficient (Wildman–Crippen LogP) is 1.35. The van der Waals surface area contributed by atoms with Gasteiger partial charge in [0.25, 0.3) is 0 Å². The highest BCUT2D eigenvalue weighted by Crippen LogP contribution is 2.16. The van der Waals surface area contributed by atoms with Crippen LogP contribution in [0.25, 0.3) is 0 Å². The standard InChI is InChI=1S/C12H20N2O2/c1-14-5-2-11(3-6-14)16-9-12-10(8-13)4-7-15-12/h4,7,11H,2-3,5-6,8-9,13H2,1H3. The van der Waals surface area contributed by atoms with Crippen LogP contribution in [-0.2, 0) is 17.9 Å². The molecule has 0 aliphatic carbocycles. The Labute approximate surface area is 96.4 Å². The molecular weight excluding hydrogens is 204 g/mol. The molecule has 2 rings (SSSR count). The lowest BCUT2D eigenvalue weighted by Gasteiger charge is -2.28. The number of nitrogens with zero attached hydrogens (tertiary/aromatic N) is 1. The maximum Gasteiger partial charge on any atom is 0.133 e. The fourth-order valence-electron chi connectivity index (χ4n) is 2.02. The van der Waals surface area contributed by atoms with Crippen LogP contribution in [0.15, 0.2) is 16.7 Å². The van der Waals surface area contributed by atoms with Crippen LogP contribution in [0.3, 0.4) is 0 Å². The van der Waals surface area contributed by atoms with E-state index in [0.717, 1.165) is 37.3 Å². The maximum atomic E-state index is 5.84. The lowest BCUT2D eigenvalue weighted by atomic mass is 10.1. The third-order valence-electron chi connectivity index (χ3n) is 3.17. The summed E-state index contributed by atoms with van der Waals surface area (Å²) >= 11 is 0. The first kappa shape index (κ1) is 11.6. The first-order valence-electron chi connectivity index (χ1n) is 5.85. The van der Waals surface area contributed by atoms with E-state index in [1.165, 1.54) is 0 Å². The molecule has 4 nitrogen and oxygen atoms in total. The minimum atomic E-state index is 0.368. The molecule has 2 heterocycles. The molecule has 4 heteroatoms. The van der Waals surface area contributed by atoms with Crippen molar-refractivity contribution in [3.8, 4) is 0 Å². The quantitative estimate of drug-likeness (QED) is 0.838. The van der Waals surface area contributed by atoms with Crippen LogP contribution in [0.5, 0.6) is 0 Å². The van der Waals surface area contributed by atoms with Crippen molar-refractivity contribution in [1.29, 1.82) is 0 Å². The molecule has 1 saturated heterocycles. The molecule has 0 saturated carbocycles. The van der Waals surface area contributed by atoms with E-state index in [4.69, 9.17) is 14.9 Å². The summed E-state index contributed by atoms with van der Waals surface area (Å²) < 4.78 is 11.2. The zero-order valence-corrected chi connectivity index (χ0v) is 9.82. The van der Waals surface area contributed by atoms with Crippen molar-refractivity contribution >= 4 is 0 Å². The Morgan fingerprint density at radius 1 is 1.50 bits per heavy atom. The van der Waals surface area contributed by atoms with Gasteiger partial charge in [0.05, 0.1) is 12.4 Å². The molecule has 90 valence electrons. The van der Waals surface area contributed by atoms with E-state index in [1.54, 1.807) is 6.26 Å². The van der Waals surface area contributed by atoms with Crippen LogP contribution in [0.1, 0.15) is 24.2 Å². The van der Waals surface area contributed by atoms with Crippen molar-refractivity contribution in [3.63, 3.8) is 0 Å². The van der Waals surface area contributed by atoms with E-state index in [-0.39, 0.29) is 0 Å². The van der Waals surface area contributed by atoms with E-state index in [0.29, 0.717) is 19.3 Å². The first-order chi connectivity index (χ1) is 7.79. The summed E-state index contributed by atoms with van der Waals surface area (Å²) in [6.07, 6.45) is 4.26. The van der Waals surface area contributed by atoms with Crippen LogP contribution < -0.4 is 5.73 Å². The largest absolute Gasteiger partial charge is 0.467 e. The van der Waals surface area contributed by atoms with E-state index < -0.39 is 0 Å². The van der Waals surface area contributed by atoms with Crippen molar-refractivity contribution in [1.82, 2.24) is 4.90 Å². The average Bonchev–Trinajstić information content (AvgIpc) is 2.76. The number of hydrogen-bond donors (Lipinski definition) is 1. The van der Waals surface area contributed by atoms with Crippen molar-refractivity contribution in [2.45, 2.75) is 32.1 Å². The smallest absolute Gasteiger partial charge is 0.133 e. The van der Waals surface area contributed by atoms with Gasteiger partial charge >= 0.3 is 0 Å². The molecule has 0 spiro atoms. The zero-order valence-electron chi connectivity index (χ0n) is 9.82. The van der Waals surface area contributed by atoms with Crippen molar-refractivity contribution in [3.05, 3.63) is 23.7 Å². The maximum absolute atomic E-state index is 5.84. The Balaban J connectivity index is 1.79. The summed E-state index contributed by atoms with van der Waals surface area (Å²) in [5.74, 6) is 0.876. The molecule has 0 atom stereocenters. The van der Waals surface area contributed by atoms with Crippen LogP contribution in [-0.4, -0.2) is 31.1 Å². The molecule has 2 N–H and O–H groups in total. The third-order valence-corrected chi connectivity index (χ3v) is 3.17. The summed E-state index contributed by atoms with van der Waals surface area (Å²) in [5.41, 5.74) is 6.65.